The number of nitrogens with one attached hydrogen (secondary N) is 2. The first-order valence-corrected chi connectivity index (χ1v) is 7.79. The summed E-state index contributed by atoms with van der Waals surface area (Å²) in [6.45, 7) is 9.55. The molecule has 0 rings (SSSR count). The number of guanidine groups is 1. The smallest absolute Gasteiger partial charge is 0.191 e. The van der Waals surface area contributed by atoms with Gasteiger partial charge in [0.15, 0.2) is 5.96 Å². The molecular weight excluding hydrogens is 270 g/mol. The normalized spacial score (nSPS) is 12.0. The van der Waals surface area contributed by atoms with Gasteiger partial charge in [-0.1, -0.05) is 13.8 Å². The molecule has 0 saturated heterocycles. The maximum absolute atomic E-state index is 5.54. The molecule has 0 aromatic carbocycles. The second-order valence-electron chi connectivity index (χ2n) is 5.18. The van der Waals surface area contributed by atoms with Crippen LogP contribution in [0.2, 0.25) is 0 Å². The highest BCUT2D eigenvalue weighted by Gasteiger charge is 1.97. The first-order chi connectivity index (χ1) is 10.2. The lowest BCUT2D eigenvalue weighted by atomic mass is 10.1. The van der Waals surface area contributed by atoms with Crippen LogP contribution in [0.1, 0.15) is 26.7 Å². The quantitative estimate of drug-likeness (QED) is 0.305. The van der Waals surface area contributed by atoms with Crippen LogP contribution in [0.3, 0.4) is 0 Å². The van der Waals surface area contributed by atoms with Gasteiger partial charge in [-0.3, -0.25) is 4.99 Å². The molecule has 0 bridgehead atoms. The standard InChI is InChI=1S/C15H33N3O3/c1-14(2)6-10-21-11-8-18-15(16-3)17-7-5-9-20-13-12-19-4/h14H,5-13H2,1-4H3,(H2,16,17,18). The van der Waals surface area contributed by atoms with Gasteiger partial charge in [-0.05, 0) is 18.8 Å². The molecule has 0 spiro atoms. The number of nitrogens with zero attached hydrogens (tertiary/aromatic N) is 1. The van der Waals surface area contributed by atoms with Crippen LogP contribution in [0.5, 0.6) is 0 Å². The van der Waals surface area contributed by atoms with Crippen molar-refractivity contribution >= 4 is 5.96 Å². The molecule has 6 nitrogen and oxygen atoms in total. The van der Waals surface area contributed by atoms with Crippen molar-refractivity contribution in [1.82, 2.24) is 10.6 Å². The third-order valence-corrected chi connectivity index (χ3v) is 2.79. The summed E-state index contributed by atoms with van der Waals surface area (Å²) in [6, 6.07) is 0. The van der Waals surface area contributed by atoms with Gasteiger partial charge in [0, 0.05) is 40.5 Å². The van der Waals surface area contributed by atoms with Crippen molar-refractivity contribution in [2.24, 2.45) is 10.9 Å². The molecule has 0 unspecified atom stereocenters. The summed E-state index contributed by atoms with van der Waals surface area (Å²) in [5.41, 5.74) is 0. The minimum atomic E-state index is 0.646. The van der Waals surface area contributed by atoms with Crippen molar-refractivity contribution < 1.29 is 14.2 Å². The summed E-state index contributed by atoms with van der Waals surface area (Å²) in [5.74, 6) is 1.50. The van der Waals surface area contributed by atoms with E-state index in [4.69, 9.17) is 14.2 Å². The van der Waals surface area contributed by atoms with Crippen molar-refractivity contribution in [3.8, 4) is 0 Å². The fraction of sp³-hybridized carbons (Fsp3) is 0.933. The van der Waals surface area contributed by atoms with Gasteiger partial charge < -0.3 is 24.8 Å². The molecule has 0 amide bonds. The van der Waals surface area contributed by atoms with Crippen LogP contribution in [0.25, 0.3) is 0 Å². The predicted molar refractivity (Wildman–Crippen MR) is 87.0 cm³/mol. The monoisotopic (exact) mass is 303 g/mol. The third-order valence-electron chi connectivity index (χ3n) is 2.79. The SMILES string of the molecule is CN=C(NCCCOCCOC)NCCOCCC(C)C. The number of hydrogen-bond donors (Lipinski definition) is 2. The van der Waals surface area contributed by atoms with Crippen molar-refractivity contribution in [2.75, 3.05) is 60.3 Å². The Balaban J connectivity index is 3.38. The van der Waals surface area contributed by atoms with E-state index < -0.39 is 0 Å². The van der Waals surface area contributed by atoms with E-state index in [0.29, 0.717) is 25.7 Å². The van der Waals surface area contributed by atoms with Crippen molar-refractivity contribution in [3.05, 3.63) is 0 Å². The minimum Gasteiger partial charge on any atom is -0.382 e. The molecule has 0 atom stereocenters. The zero-order valence-electron chi connectivity index (χ0n) is 14.1. The summed E-state index contributed by atoms with van der Waals surface area (Å²) in [5, 5.41) is 6.46. The van der Waals surface area contributed by atoms with E-state index in [0.717, 1.165) is 45.1 Å². The average Bonchev–Trinajstić information content (AvgIpc) is 2.47. The summed E-state index contributed by atoms with van der Waals surface area (Å²) in [7, 11) is 3.44. The van der Waals surface area contributed by atoms with E-state index in [1.807, 2.05) is 0 Å². The summed E-state index contributed by atoms with van der Waals surface area (Å²) >= 11 is 0. The Kier molecular flexibility index (Phi) is 14.9. The summed E-state index contributed by atoms with van der Waals surface area (Å²) < 4.78 is 15.8. The maximum atomic E-state index is 5.54. The Hall–Kier alpha value is -0.850. The van der Waals surface area contributed by atoms with E-state index >= 15 is 0 Å². The molecule has 0 fully saturated rings. The Labute approximate surface area is 129 Å². The topological polar surface area (TPSA) is 64.1 Å². The van der Waals surface area contributed by atoms with Gasteiger partial charge in [-0.15, -0.1) is 0 Å². The Bertz CT molecular complexity index is 248. The highest BCUT2D eigenvalue weighted by molar-refractivity contribution is 5.79. The van der Waals surface area contributed by atoms with Crippen molar-refractivity contribution in [1.29, 1.82) is 0 Å². The Morgan fingerprint density at radius 2 is 1.67 bits per heavy atom. The predicted octanol–water partition coefficient (Wildman–Crippen LogP) is 1.27. The zero-order valence-corrected chi connectivity index (χ0v) is 14.1. The molecule has 0 radical (unpaired) electrons. The Morgan fingerprint density at radius 1 is 0.952 bits per heavy atom. The highest BCUT2D eigenvalue weighted by Crippen LogP contribution is 1.98. The van der Waals surface area contributed by atoms with Gasteiger partial charge in [0.2, 0.25) is 0 Å². The summed E-state index contributed by atoms with van der Waals surface area (Å²) in [6.07, 6.45) is 2.05. The third kappa shape index (κ3) is 15.4. The van der Waals surface area contributed by atoms with Crippen LogP contribution < -0.4 is 10.6 Å². The molecule has 0 heterocycles. The van der Waals surface area contributed by atoms with Crippen LogP contribution in [0, 0.1) is 5.92 Å². The second-order valence-corrected chi connectivity index (χ2v) is 5.18. The lowest BCUT2D eigenvalue weighted by Gasteiger charge is -2.12. The fourth-order valence-electron chi connectivity index (χ4n) is 1.51. The van der Waals surface area contributed by atoms with E-state index in [1.165, 1.54) is 0 Å². The van der Waals surface area contributed by atoms with Crippen LogP contribution >= 0.6 is 0 Å². The van der Waals surface area contributed by atoms with Gasteiger partial charge in [0.05, 0.1) is 19.8 Å². The highest BCUT2D eigenvalue weighted by atomic mass is 16.5. The van der Waals surface area contributed by atoms with Crippen LogP contribution in [0.15, 0.2) is 4.99 Å². The first-order valence-electron chi connectivity index (χ1n) is 7.79. The van der Waals surface area contributed by atoms with Gasteiger partial charge >= 0.3 is 0 Å². The van der Waals surface area contributed by atoms with Crippen LogP contribution in [-0.4, -0.2) is 66.2 Å². The van der Waals surface area contributed by atoms with Crippen LogP contribution in [0.4, 0.5) is 0 Å². The van der Waals surface area contributed by atoms with E-state index in [1.54, 1.807) is 14.2 Å². The first kappa shape index (κ1) is 20.1. The summed E-state index contributed by atoms with van der Waals surface area (Å²) in [4.78, 5) is 4.16. The van der Waals surface area contributed by atoms with Gasteiger partial charge in [0.1, 0.15) is 0 Å². The molecule has 0 aromatic rings. The number of methoxy groups -OCH3 is 1. The van der Waals surface area contributed by atoms with Crippen LogP contribution in [-0.2, 0) is 14.2 Å². The number of hydrogen-bond acceptors (Lipinski definition) is 4. The molecular formula is C15H33N3O3. The fourth-order valence-corrected chi connectivity index (χ4v) is 1.51. The minimum absolute atomic E-state index is 0.646. The largest absolute Gasteiger partial charge is 0.382 e. The average molecular weight is 303 g/mol. The van der Waals surface area contributed by atoms with Gasteiger partial charge in [0.25, 0.3) is 0 Å². The second kappa shape index (κ2) is 15.5. The van der Waals surface area contributed by atoms with Gasteiger partial charge in [-0.25, -0.2) is 0 Å². The molecule has 21 heavy (non-hydrogen) atoms. The lowest BCUT2D eigenvalue weighted by Crippen LogP contribution is -2.39. The molecule has 0 aromatic heterocycles. The molecule has 0 aliphatic rings. The van der Waals surface area contributed by atoms with Gasteiger partial charge in [-0.2, -0.15) is 0 Å². The maximum Gasteiger partial charge on any atom is 0.191 e. The van der Waals surface area contributed by atoms with Crippen molar-refractivity contribution in [3.63, 3.8) is 0 Å². The number of aliphatic imine (C=N–C) groups is 1. The Morgan fingerprint density at radius 3 is 2.33 bits per heavy atom. The molecule has 126 valence electrons. The van der Waals surface area contributed by atoms with E-state index in [-0.39, 0.29) is 0 Å². The molecule has 0 aliphatic heterocycles. The molecule has 0 saturated carbocycles. The lowest BCUT2D eigenvalue weighted by molar-refractivity contribution is 0.0698. The number of rotatable bonds is 13. The molecule has 2 N–H and O–H groups in total. The molecule has 0 aliphatic carbocycles. The molecule has 6 heteroatoms. The zero-order chi connectivity index (χ0) is 15.8. The van der Waals surface area contributed by atoms with E-state index in [2.05, 4.69) is 29.5 Å². The number of ether oxygens (including phenoxy) is 3. The van der Waals surface area contributed by atoms with E-state index in [9.17, 15) is 0 Å². The van der Waals surface area contributed by atoms with Crippen molar-refractivity contribution in [2.45, 2.75) is 26.7 Å².